The van der Waals surface area contributed by atoms with Gasteiger partial charge < -0.3 is 15.3 Å². The van der Waals surface area contributed by atoms with E-state index in [1.54, 1.807) is 4.90 Å². The molecule has 130 valence electrons. The van der Waals surface area contributed by atoms with Crippen LogP contribution in [0.3, 0.4) is 0 Å². The summed E-state index contributed by atoms with van der Waals surface area (Å²) in [5.41, 5.74) is 2.63. The maximum atomic E-state index is 12.3. The van der Waals surface area contributed by atoms with Crippen molar-refractivity contribution >= 4 is 17.5 Å². The van der Waals surface area contributed by atoms with Gasteiger partial charge in [0.1, 0.15) is 0 Å². The van der Waals surface area contributed by atoms with Gasteiger partial charge in [0.15, 0.2) is 0 Å². The number of anilines is 1. The summed E-state index contributed by atoms with van der Waals surface area (Å²) in [7, 11) is 0. The first-order chi connectivity index (χ1) is 12.2. The average Bonchev–Trinajstić information content (AvgIpc) is 3.07. The highest BCUT2D eigenvalue weighted by atomic mass is 16.3. The molecule has 5 nitrogen and oxygen atoms in total. The molecule has 2 aromatic rings. The van der Waals surface area contributed by atoms with Crippen LogP contribution in [0.2, 0.25) is 0 Å². The highest BCUT2D eigenvalue weighted by Gasteiger charge is 2.21. The van der Waals surface area contributed by atoms with Crippen LogP contribution in [0.5, 0.6) is 0 Å². The van der Waals surface area contributed by atoms with Gasteiger partial charge in [-0.2, -0.15) is 0 Å². The SMILES string of the molecule is O=C(Cc1ccc(N2CCCC2=O)cc1)N[C@H](CO)c1ccccc1. The second kappa shape index (κ2) is 7.94. The Labute approximate surface area is 147 Å². The molecule has 3 rings (SSSR count). The number of benzene rings is 2. The minimum atomic E-state index is -0.407. The Hall–Kier alpha value is -2.66. The lowest BCUT2D eigenvalue weighted by atomic mass is 10.1. The molecule has 0 saturated carbocycles. The molecule has 5 heteroatoms. The molecule has 1 saturated heterocycles. The van der Waals surface area contributed by atoms with Crippen molar-refractivity contribution in [2.24, 2.45) is 0 Å². The molecule has 2 N–H and O–H groups in total. The Kier molecular flexibility index (Phi) is 5.46. The van der Waals surface area contributed by atoms with Gasteiger partial charge in [-0.1, -0.05) is 42.5 Å². The zero-order valence-corrected chi connectivity index (χ0v) is 14.0. The number of aliphatic hydroxyl groups is 1. The third-order valence-electron chi connectivity index (χ3n) is 4.41. The maximum absolute atomic E-state index is 12.3. The van der Waals surface area contributed by atoms with Crippen LogP contribution < -0.4 is 10.2 Å². The van der Waals surface area contributed by atoms with E-state index in [2.05, 4.69) is 5.32 Å². The van der Waals surface area contributed by atoms with E-state index < -0.39 is 6.04 Å². The summed E-state index contributed by atoms with van der Waals surface area (Å²) in [5, 5.41) is 12.4. The van der Waals surface area contributed by atoms with Crippen LogP contribution in [0.15, 0.2) is 54.6 Å². The van der Waals surface area contributed by atoms with Crippen molar-refractivity contribution in [2.75, 3.05) is 18.1 Å². The summed E-state index contributed by atoms with van der Waals surface area (Å²) in [6, 6.07) is 16.5. The van der Waals surface area contributed by atoms with Crippen molar-refractivity contribution in [1.82, 2.24) is 5.32 Å². The fourth-order valence-electron chi connectivity index (χ4n) is 3.07. The summed E-state index contributed by atoms with van der Waals surface area (Å²) in [5.74, 6) is 0.00652. The predicted octanol–water partition coefficient (Wildman–Crippen LogP) is 2.21. The molecule has 1 atom stereocenters. The van der Waals surface area contributed by atoms with Crippen molar-refractivity contribution in [2.45, 2.75) is 25.3 Å². The van der Waals surface area contributed by atoms with Gasteiger partial charge in [0.05, 0.1) is 19.1 Å². The van der Waals surface area contributed by atoms with Gasteiger partial charge in [0, 0.05) is 18.7 Å². The molecule has 1 aliphatic heterocycles. The Balaban J connectivity index is 1.60. The van der Waals surface area contributed by atoms with Crippen molar-refractivity contribution in [1.29, 1.82) is 0 Å². The first kappa shape index (κ1) is 17.2. The van der Waals surface area contributed by atoms with Gasteiger partial charge in [-0.15, -0.1) is 0 Å². The summed E-state index contributed by atoms with van der Waals surface area (Å²) >= 11 is 0. The molecular weight excluding hydrogens is 316 g/mol. The molecule has 1 aliphatic rings. The molecule has 0 aromatic heterocycles. The molecular formula is C20H22N2O3. The standard InChI is InChI=1S/C20H22N2O3/c23-14-18(16-5-2-1-3-6-16)21-19(24)13-15-8-10-17(11-9-15)22-12-4-7-20(22)25/h1-3,5-6,8-11,18,23H,4,7,12-14H2,(H,21,24)/t18-/m1/s1. The highest BCUT2D eigenvalue weighted by molar-refractivity contribution is 5.95. The van der Waals surface area contributed by atoms with Gasteiger partial charge in [0.25, 0.3) is 0 Å². The van der Waals surface area contributed by atoms with Crippen molar-refractivity contribution in [3.05, 3.63) is 65.7 Å². The lowest BCUT2D eigenvalue weighted by Gasteiger charge is -2.17. The lowest BCUT2D eigenvalue weighted by Crippen LogP contribution is -2.32. The van der Waals surface area contributed by atoms with E-state index in [-0.39, 0.29) is 24.8 Å². The minimum absolute atomic E-state index is 0.145. The predicted molar refractivity (Wildman–Crippen MR) is 96.1 cm³/mol. The molecule has 0 unspecified atom stereocenters. The number of nitrogens with one attached hydrogen (secondary N) is 1. The monoisotopic (exact) mass is 338 g/mol. The van der Waals surface area contributed by atoms with Crippen LogP contribution in [0.1, 0.15) is 30.0 Å². The fourth-order valence-corrected chi connectivity index (χ4v) is 3.07. The molecule has 2 aromatic carbocycles. The number of carbonyl (C=O) groups excluding carboxylic acids is 2. The van der Waals surface area contributed by atoms with Crippen LogP contribution >= 0.6 is 0 Å². The molecule has 1 heterocycles. The molecule has 2 amide bonds. The minimum Gasteiger partial charge on any atom is -0.394 e. The summed E-state index contributed by atoms with van der Waals surface area (Å²) in [6.45, 7) is 0.611. The van der Waals surface area contributed by atoms with Gasteiger partial charge in [0.2, 0.25) is 11.8 Å². The van der Waals surface area contributed by atoms with E-state index in [9.17, 15) is 14.7 Å². The molecule has 0 spiro atoms. The van der Waals surface area contributed by atoms with Crippen molar-refractivity contribution in [3.63, 3.8) is 0 Å². The second-order valence-electron chi connectivity index (χ2n) is 6.21. The van der Waals surface area contributed by atoms with E-state index >= 15 is 0 Å². The fraction of sp³-hybridized carbons (Fsp3) is 0.300. The zero-order chi connectivity index (χ0) is 17.6. The Bertz CT molecular complexity index is 728. The molecule has 0 radical (unpaired) electrons. The van der Waals surface area contributed by atoms with E-state index in [1.807, 2.05) is 54.6 Å². The maximum Gasteiger partial charge on any atom is 0.227 e. The van der Waals surface area contributed by atoms with E-state index in [4.69, 9.17) is 0 Å². The lowest BCUT2D eigenvalue weighted by molar-refractivity contribution is -0.121. The Morgan fingerprint density at radius 2 is 1.84 bits per heavy atom. The molecule has 25 heavy (non-hydrogen) atoms. The largest absolute Gasteiger partial charge is 0.394 e. The van der Waals surface area contributed by atoms with E-state index in [0.717, 1.165) is 29.8 Å². The summed E-state index contributed by atoms with van der Waals surface area (Å²) in [4.78, 5) is 25.8. The smallest absolute Gasteiger partial charge is 0.227 e. The van der Waals surface area contributed by atoms with Gasteiger partial charge >= 0.3 is 0 Å². The van der Waals surface area contributed by atoms with Crippen molar-refractivity contribution in [3.8, 4) is 0 Å². The summed E-state index contributed by atoms with van der Waals surface area (Å²) < 4.78 is 0. The van der Waals surface area contributed by atoms with Crippen LogP contribution in [0.4, 0.5) is 5.69 Å². The van der Waals surface area contributed by atoms with Gasteiger partial charge in [-0.25, -0.2) is 0 Å². The van der Waals surface area contributed by atoms with Crippen LogP contribution in [-0.4, -0.2) is 30.1 Å². The van der Waals surface area contributed by atoms with E-state index in [1.165, 1.54) is 0 Å². The number of aliphatic hydroxyl groups excluding tert-OH is 1. The Morgan fingerprint density at radius 1 is 1.12 bits per heavy atom. The number of rotatable bonds is 6. The number of carbonyl (C=O) groups is 2. The van der Waals surface area contributed by atoms with Crippen LogP contribution in [-0.2, 0) is 16.0 Å². The first-order valence-electron chi connectivity index (χ1n) is 8.52. The number of hydrogen-bond donors (Lipinski definition) is 2. The Morgan fingerprint density at radius 3 is 2.44 bits per heavy atom. The van der Waals surface area contributed by atoms with Crippen LogP contribution in [0, 0.1) is 0 Å². The zero-order valence-electron chi connectivity index (χ0n) is 14.0. The van der Waals surface area contributed by atoms with Crippen molar-refractivity contribution < 1.29 is 14.7 Å². The summed E-state index contributed by atoms with van der Waals surface area (Å²) in [6.07, 6.45) is 1.73. The number of hydrogen-bond acceptors (Lipinski definition) is 3. The molecule has 0 aliphatic carbocycles. The first-order valence-corrected chi connectivity index (χ1v) is 8.52. The second-order valence-corrected chi connectivity index (χ2v) is 6.21. The topological polar surface area (TPSA) is 69.6 Å². The van der Waals surface area contributed by atoms with Gasteiger partial charge in [-0.3, -0.25) is 9.59 Å². The van der Waals surface area contributed by atoms with Crippen LogP contribution in [0.25, 0.3) is 0 Å². The normalized spacial score (nSPS) is 15.2. The molecule has 0 bridgehead atoms. The van der Waals surface area contributed by atoms with Gasteiger partial charge in [-0.05, 0) is 29.7 Å². The molecule has 1 fully saturated rings. The quantitative estimate of drug-likeness (QED) is 0.848. The van der Waals surface area contributed by atoms with E-state index in [0.29, 0.717) is 6.42 Å². The third kappa shape index (κ3) is 4.25. The number of nitrogens with zero attached hydrogens (tertiary/aromatic N) is 1. The number of amides is 2. The average molecular weight is 338 g/mol. The third-order valence-corrected chi connectivity index (χ3v) is 4.41. The highest BCUT2D eigenvalue weighted by Crippen LogP contribution is 2.21.